The Bertz CT molecular complexity index is 1580. The van der Waals surface area contributed by atoms with Gasteiger partial charge in [0.25, 0.3) is 5.19 Å². The van der Waals surface area contributed by atoms with Gasteiger partial charge < -0.3 is 28.3 Å². The normalized spacial score (nSPS) is 15.8. The molecule has 0 amide bonds. The Hall–Kier alpha value is -4.13. The lowest BCUT2D eigenvalue weighted by molar-refractivity contribution is -0.274. The smallest absolute Gasteiger partial charge is 0.496 e. The highest BCUT2D eigenvalue weighted by atomic mass is 32.1. The highest BCUT2D eigenvalue weighted by Gasteiger charge is 2.31. The Balaban J connectivity index is 1.22. The Kier molecular flexibility index (Phi) is 6.37. The monoisotopic (exact) mass is 560 g/mol. The van der Waals surface area contributed by atoms with E-state index in [1.807, 2.05) is 12.1 Å². The van der Waals surface area contributed by atoms with E-state index in [9.17, 15) is 13.2 Å². The number of hydrogen-bond acceptors (Lipinski definition) is 9. The third kappa shape index (κ3) is 5.13. The standard InChI is InChI=1S/C26H23F3N4O5S/c1-34-18-10-21(19-12-23(37-22(19)11-18)20-13-33-24(30-20)39-25(31-33)35-2)36-14-16-4-3-9-32(16)15-5-7-17(8-6-15)38-26(27,28)29/h5-8,10-13,16H,3-4,9,14H2,1-2H3/t16-/m0/s1. The summed E-state index contributed by atoms with van der Waals surface area (Å²) in [6.07, 6.45) is -1.13. The van der Waals surface area contributed by atoms with Crippen LogP contribution in [0.2, 0.25) is 0 Å². The number of fused-ring (bicyclic) bond motifs is 2. The van der Waals surface area contributed by atoms with Gasteiger partial charge in [0.2, 0.25) is 4.96 Å². The van der Waals surface area contributed by atoms with E-state index in [-0.39, 0.29) is 11.8 Å². The van der Waals surface area contributed by atoms with Gasteiger partial charge >= 0.3 is 6.36 Å². The Morgan fingerprint density at radius 1 is 1.08 bits per heavy atom. The first-order chi connectivity index (χ1) is 18.8. The number of hydrogen-bond donors (Lipinski definition) is 0. The molecule has 1 aliphatic heterocycles. The van der Waals surface area contributed by atoms with Crippen molar-refractivity contribution in [3.63, 3.8) is 0 Å². The Labute approximate surface area is 224 Å². The molecule has 3 aromatic heterocycles. The van der Waals surface area contributed by atoms with Gasteiger partial charge in [0.1, 0.15) is 35.1 Å². The minimum absolute atomic E-state index is 0.0352. The lowest BCUT2D eigenvalue weighted by Crippen LogP contribution is -2.34. The summed E-state index contributed by atoms with van der Waals surface area (Å²) in [6, 6.07) is 11.4. The minimum atomic E-state index is -4.72. The first-order valence-corrected chi connectivity index (χ1v) is 12.9. The summed E-state index contributed by atoms with van der Waals surface area (Å²) < 4.78 is 66.2. The number of nitrogens with zero attached hydrogens (tertiary/aromatic N) is 4. The molecule has 2 aromatic carbocycles. The molecule has 0 spiro atoms. The number of halogens is 3. The van der Waals surface area contributed by atoms with Crippen LogP contribution in [0.1, 0.15) is 12.8 Å². The van der Waals surface area contributed by atoms with Crippen molar-refractivity contribution < 1.29 is 36.5 Å². The fourth-order valence-corrected chi connectivity index (χ4v) is 5.40. The zero-order valence-corrected chi connectivity index (χ0v) is 21.7. The molecule has 204 valence electrons. The summed E-state index contributed by atoms with van der Waals surface area (Å²) in [5, 5.41) is 5.59. The van der Waals surface area contributed by atoms with Crippen LogP contribution in [0.5, 0.6) is 22.4 Å². The van der Waals surface area contributed by atoms with Crippen molar-refractivity contribution in [2.75, 3.05) is 32.3 Å². The van der Waals surface area contributed by atoms with E-state index < -0.39 is 6.36 Å². The van der Waals surface area contributed by atoms with Gasteiger partial charge in [0, 0.05) is 24.4 Å². The van der Waals surface area contributed by atoms with Crippen LogP contribution in [0.4, 0.5) is 18.9 Å². The number of alkyl halides is 3. The second-order valence-corrected chi connectivity index (χ2v) is 9.83. The maximum atomic E-state index is 12.5. The molecule has 0 saturated carbocycles. The topological polar surface area (TPSA) is 83.5 Å². The van der Waals surface area contributed by atoms with Crippen molar-refractivity contribution >= 4 is 33.0 Å². The fraction of sp³-hybridized carbons (Fsp3) is 0.308. The number of aromatic nitrogens is 3. The van der Waals surface area contributed by atoms with Gasteiger partial charge in [0.05, 0.1) is 31.8 Å². The number of ether oxygens (including phenoxy) is 4. The average Bonchev–Trinajstić information content (AvgIpc) is 3.68. The molecule has 5 aromatic rings. The van der Waals surface area contributed by atoms with Crippen molar-refractivity contribution in [2.45, 2.75) is 25.2 Å². The van der Waals surface area contributed by atoms with Crippen molar-refractivity contribution in [2.24, 2.45) is 0 Å². The number of furan rings is 1. The SMILES string of the molecule is COc1cc(OC[C@@H]2CCCN2c2ccc(OC(F)(F)F)cc2)c2cc(-c3cn4nc(OC)sc4n3)oc2c1. The molecule has 1 aliphatic rings. The summed E-state index contributed by atoms with van der Waals surface area (Å²) in [5.41, 5.74) is 2.02. The lowest BCUT2D eigenvalue weighted by Gasteiger charge is -2.27. The molecule has 0 N–H and O–H groups in total. The van der Waals surface area contributed by atoms with Gasteiger partial charge in [-0.25, -0.2) is 9.50 Å². The molecule has 0 radical (unpaired) electrons. The molecule has 4 heterocycles. The predicted molar refractivity (Wildman–Crippen MR) is 138 cm³/mol. The second kappa shape index (κ2) is 9.88. The lowest BCUT2D eigenvalue weighted by atomic mass is 10.2. The molecular weight excluding hydrogens is 537 g/mol. The van der Waals surface area contributed by atoms with Crippen LogP contribution in [-0.2, 0) is 0 Å². The van der Waals surface area contributed by atoms with E-state index in [1.165, 1.54) is 23.5 Å². The predicted octanol–water partition coefficient (Wildman–Crippen LogP) is 6.17. The number of benzene rings is 2. The van der Waals surface area contributed by atoms with E-state index in [0.29, 0.717) is 45.3 Å². The second-order valence-electron chi connectivity index (χ2n) is 8.92. The molecule has 1 saturated heterocycles. The molecule has 1 fully saturated rings. The minimum Gasteiger partial charge on any atom is -0.496 e. The molecule has 6 rings (SSSR count). The van der Waals surface area contributed by atoms with Crippen molar-refractivity contribution in [3.05, 3.63) is 48.7 Å². The molecular formula is C26H23F3N4O5S. The van der Waals surface area contributed by atoms with E-state index in [4.69, 9.17) is 18.6 Å². The quantitative estimate of drug-likeness (QED) is 0.223. The van der Waals surface area contributed by atoms with Gasteiger partial charge in [0.15, 0.2) is 5.76 Å². The van der Waals surface area contributed by atoms with Crippen molar-refractivity contribution in [1.82, 2.24) is 14.6 Å². The van der Waals surface area contributed by atoms with E-state index in [1.54, 1.807) is 43.1 Å². The van der Waals surface area contributed by atoms with Crippen LogP contribution >= 0.6 is 11.3 Å². The van der Waals surface area contributed by atoms with Crippen LogP contribution in [0.25, 0.3) is 27.4 Å². The van der Waals surface area contributed by atoms with Gasteiger partial charge in [-0.2, -0.15) is 0 Å². The van der Waals surface area contributed by atoms with Crippen LogP contribution in [0.15, 0.2) is 53.1 Å². The van der Waals surface area contributed by atoms with Crippen LogP contribution < -0.4 is 23.8 Å². The number of imidazole rings is 1. The highest BCUT2D eigenvalue weighted by Crippen LogP contribution is 2.38. The summed E-state index contributed by atoms with van der Waals surface area (Å²) >= 11 is 1.32. The number of rotatable bonds is 8. The van der Waals surface area contributed by atoms with E-state index in [2.05, 4.69) is 19.7 Å². The number of anilines is 1. The molecule has 39 heavy (non-hydrogen) atoms. The van der Waals surface area contributed by atoms with Crippen molar-refractivity contribution in [1.29, 1.82) is 0 Å². The third-order valence-electron chi connectivity index (χ3n) is 6.47. The summed E-state index contributed by atoms with van der Waals surface area (Å²) in [4.78, 5) is 7.40. The Morgan fingerprint density at radius 2 is 1.90 bits per heavy atom. The summed E-state index contributed by atoms with van der Waals surface area (Å²) in [6.45, 7) is 1.14. The van der Waals surface area contributed by atoms with Crippen LogP contribution in [0, 0.1) is 0 Å². The summed E-state index contributed by atoms with van der Waals surface area (Å²) in [5.74, 6) is 1.49. The highest BCUT2D eigenvalue weighted by molar-refractivity contribution is 7.18. The first-order valence-electron chi connectivity index (χ1n) is 12.1. The van der Waals surface area contributed by atoms with Gasteiger partial charge in [-0.05, 0) is 54.5 Å². The maximum Gasteiger partial charge on any atom is 0.573 e. The zero-order valence-electron chi connectivity index (χ0n) is 20.9. The number of methoxy groups -OCH3 is 2. The van der Waals surface area contributed by atoms with Gasteiger partial charge in [-0.3, -0.25) is 0 Å². The van der Waals surface area contributed by atoms with Gasteiger partial charge in [-0.1, -0.05) is 0 Å². The van der Waals surface area contributed by atoms with E-state index in [0.717, 1.165) is 30.5 Å². The van der Waals surface area contributed by atoms with Gasteiger partial charge in [-0.15, -0.1) is 18.3 Å². The Morgan fingerprint density at radius 3 is 2.62 bits per heavy atom. The third-order valence-corrected chi connectivity index (χ3v) is 7.35. The summed E-state index contributed by atoms with van der Waals surface area (Å²) in [7, 11) is 3.13. The molecule has 1 atom stereocenters. The largest absolute Gasteiger partial charge is 0.573 e. The molecule has 9 nitrogen and oxygen atoms in total. The molecule has 13 heteroatoms. The molecule has 0 bridgehead atoms. The fourth-order valence-electron chi connectivity index (χ4n) is 4.70. The average molecular weight is 561 g/mol. The van der Waals surface area contributed by atoms with Crippen LogP contribution in [0.3, 0.4) is 0 Å². The van der Waals surface area contributed by atoms with Crippen molar-refractivity contribution in [3.8, 4) is 33.9 Å². The maximum absolute atomic E-state index is 12.5. The van der Waals surface area contributed by atoms with Crippen LogP contribution in [-0.4, -0.2) is 54.4 Å². The molecule has 0 aliphatic carbocycles. The zero-order chi connectivity index (χ0) is 27.1. The van der Waals surface area contributed by atoms with E-state index >= 15 is 0 Å². The first kappa shape index (κ1) is 25.2. The molecule has 0 unspecified atom stereocenters.